The normalized spacial score (nSPS) is 36.8. The second-order valence-electron chi connectivity index (χ2n) is 2.55. The zero-order valence-electron chi connectivity index (χ0n) is 5.44. The molecular weight excluding hydrogens is 104 g/mol. The van der Waals surface area contributed by atoms with Gasteiger partial charge in [-0.05, 0) is 13.3 Å². The highest BCUT2D eigenvalue weighted by atomic mass is 17.2. The van der Waals surface area contributed by atoms with Crippen molar-refractivity contribution in [2.24, 2.45) is 0 Å². The molecule has 0 radical (unpaired) electrons. The summed E-state index contributed by atoms with van der Waals surface area (Å²) in [5.74, 6) is 0. The van der Waals surface area contributed by atoms with Crippen LogP contribution in [0.5, 0.6) is 0 Å². The zero-order chi connectivity index (χ0) is 6.04. The van der Waals surface area contributed by atoms with E-state index < -0.39 is 0 Å². The number of hydrogen-bond donors (Lipinski definition) is 0. The third-order valence-electron chi connectivity index (χ3n) is 1.40. The van der Waals surface area contributed by atoms with Crippen LogP contribution in [0.25, 0.3) is 0 Å². The fourth-order valence-electron chi connectivity index (χ4n) is 0.903. The molecule has 0 aromatic carbocycles. The number of rotatable bonds is 2. The Morgan fingerprint density at radius 1 is 1.62 bits per heavy atom. The van der Waals surface area contributed by atoms with Gasteiger partial charge in [0.15, 0.2) is 0 Å². The summed E-state index contributed by atoms with van der Waals surface area (Å²) in [6.45, 7) is 4.98. The van der Waals surface area contributed by atoms with Crippen molar-refractivity contribution in [1.29, 1.82) is 0 Å². The smallest absolute Gasteiger partial charge is 0.127 e. The summed E-state index contributed by atoms with van der Waals surface area (Å²) < 4.78 is 0. The first kappa shape index (κ1) is 6.05. The van der Waals surface area contributed by atoms with Gasteiger partial charge in [-0.25, -0.2) is 9.78 Å². The van der Waals surface area contributed by atoms with E-state index in [1.54, 1.807) is 0 Å². The van der Waals surface area contributed by atoms with Crippen LogP contribution in [0.3, 0.4) is 0 Å². The monoisotopic (exact) mass is 116 g/mol. The van der Waals surface area contributed by atoms with E-state index in [0.29, 0.717) is 0 Å². The van der Waals surface area contributed by atoms with Gasteiger partial charge in [0.2, 0.25) is 0 Å². The van der Waals surface area contributed by atoms with E-state index in [-0.39, 0.29) is 5.60 Å². The van der Waals surface area contributed by atoms with E-state index in [0.717, 1.165) is 13.0 Å². The molecule has 1 aliphatic heterocycles. The molecule has 0 bridgehead atoms. The second-order valence-corrected chi connectivity index (χ2v) is 2.55. The van der Waals surface area contributed by atoms with Crippen LogP contribution in [0.15, 0.2) is 0 Å². The van der Waals surface area contributed by atoms with E-state index in [1.807, 2.05) is 0 Å². The predicted octanol–water partition coefficient (Wildman–Crippen LogP) is 1.51. The molecule has 1 heterocycles. The standard InChI is InChI=1S/C6H12O2/c1-3-4-6(2)5-7-8-6/h3-5H2,1-2H3. The lowest BCUT2D eigenvalue weighted by Gasteiger charge is -2.35. The van der Waals surface area contributed by atoms with Gasteiger partial charge in [0.25, 0.3) is 0 Å². The third kappa shape index (κ3) is 1.01. The molecule has 0 aromatic heterocycles. The summed E-state index contributed by atoms with van der Waals surface area (Å²) >= 11 is 0. The summed E-state index contributed by atoms with van der Waals surface area (Å²) in [4.78, 5) is 9.45. The van der Waals surface area contributed by atoms with Crippen LogP contribution in [0, 0.1) is 0 Å². The van der Waals surface area contributed by atoms with E-state index in [1.165, 1.54) is 6.42 Å². The van der Waals surface area contributed by atoms with Gasteiger partial charge < -0.3 is 0 Å². The van der Waals surface area contributed by atoms with Crippen molar-refractivity contribution in [3.8, 4) is 0 Å². The van der Waals surface area contributed by atoms with Crippen molar-refractivity contribution in [2.75, 3.05) is 6.61 Å². The molecule has 1 aliphatic rings. The largest absolute Gasteiger partial charge is 0.233 e. The zero-order valence-corrected chi connectivity index (χ0v) is 5.44. The second kappa shape index (κ2) is 2.03. The van der Waals surface area contributed by atoms with Crippen molar-refractivity contribution in [3.05, 3.63) is 0 Å². The first-order valence-electron chi connectivity index (χ1n) is 3.07. The highest BCUT2D eigenvalue weighted by Crippen LogP contribution is 2.26. The van der Waals surface area contributed by atoms with Gasteiger partial charge in [-0.3, -0.25) is 0 Å². The Hall–Kier alpha value is -0.0800. The summed E-state index contributed by atoms with van der Waals surface area (Å²) in [6.07, 6.45) is 2.27. The molecule has 1 rings (SSSR count). The Morgan fingerprint density at radius 2 is 2.25 bits per heavy atom. The molecule has 1 unspecified atom stereocenters. The third-order valence-corrected chi connectivity index (χ3v) is 1.40. The average molecular weight is 116 g/mol. The van der Waals surface area contributed by atoms with Gasteiger partial charge in [0.1, 0.15) is 12.2 Å². The Kier molecular flexibility index (Phi) is 1.54. The average Bonchev–Trinajstić information content (AvgIpc) is 1.64. The van der Waals surface area contributed by atoms with Crippen LogP contribution in [0.1, 0.15) is 26.7 Å². The van der Waals surface area contributed by atoms with Gasteiger partial charge in [-0.15, -0.1) is 0 Å². The quantitative estimate of drug-likeness (QED) is 0.509. The Labute approximate surface area is 49.7 Å². The molecule has 1 fully saturated rings. The van der Waals surface area contributed by atoms with E-state index in [2.05, 4.69) is 18.7 Å². The van der Waals surface area contributed by atoms with Crippen LogP contribution in [0.4, 0.5) is 0 Å². The van der Waals surface area contributed by atoms with Crippen LogP contribution < -0.4 is 0 Å². The molecule has 8 heavy (non-hydrogen) atoms. The van der Waals surface area contributed by atoms with Crippen molar-refractivity contribution >= 4 is 0 Å². The summed E-state index contributed by atoms with van der Waals surface area (Å²) in [7, 11) is 0. The van der Waals surface area contributed by atoms with Crippen molar-refractivity contribution in [2.45, 2.75) is 32.3 Å². The van der Waals surface area contributed by atoms with Gasteiger partial charge in [0.05, 0.1) is 0 Å². The highest BCUT2D eigenvalue weighted by Gasteiger charge is 2.34. The fourth-order valence-corrected chi connectivity index (χ4v) is 0.903. The van der Waals surface area contributed by atoms with Gasteiger partial charge in [-0.1, -0.05) is 13.3 Å². The molecule has 2 heteroatoms. The van der Waals surface area contributed by atoms with E-state index in [4.69, 9.17) is 4.89 Å². The van der Waals surface area contributed by atoms with E-state index in [9.17, 15) is 0 Å². The van der Waals surface area contributed by atoms with Gasteiger partial charge >= 0.3 is 0 Å². The molecule has 1 saturated heterocycles. The maximum absolute atomic E-state index is 4.86. The summed E-state index contributed by atoms with van der Waals surface area (Å²) in [5, 5.41) is 0. The van der Waals surface area contributed by atoms with Crippen molar-refractivity contribution < 1.29 is 9.78 Å². The molecule has 0 aromatic rings. The predicted molar refractivity (Wildman–Crippen MR) is 30.3 cm³/mol. The minimum absolute atomic E-state index is 0.0503. The molecule has 0 spiro atoms. The van der Waals surface area contributed by atoms with Crippen LogP contribution >= 0.6 is 0 Å². The first-order valence-corrected chi connectivity index (χ1v) is 3.07. The van der Waals surface area contributed by atoms with E-state index >= 15 is 0 Å². The van der Waals surface area contributed by atoms with Crippen LogP contribution in [0.2, 0.25) is 0 Å². The maximum atomic E-state index is 4.86. The lowest BCUT2D eigenvalue weighted by molar-refractivity contribution is -0.467. The first-order chi connectivity index (χ1) is 3.77. The lowest BCUT2D eigenvalue weighted by atomic mass is 10.0. The highest BCUT2D eigenvalue weighted by molar-refractivity contribution is 4.75. The van der Waals surface area contributed by atoms with Gasteiger partial charge in [-0.2, -0.15) is 0 Å². The fraction of sp³-hybridized carbons (Fsp3) is 1.00. The molecule has 0 saturated carbocycles. The Bertz CT molecular complexity index is 76.6. The minimum atomic E-state index is 0.0503. The number of hydrogen-bond acceptors (Lipinski definition) is 2. The molecule has 1 atom stereocenters. The molecular formula is C6H12O2. The Morgan fingerprint density at radius 3 is 2.38 bits per heavy atom. The SMILES string of the molecule is CCCC1(C)COO1. The molecule has 48 valence electrons. The maximum Gasteiger partial charge on any atom is 0.127 e. The Balaban J connectivity index is 2.20. The molecule has 0 amide bonds. The van der Waals surface area contributed by atoms with Gasteiger partial charge in [0, 0.05) is 0 Å². The topological polar surface area (TPSA) is 18.5 Å². The minimum Gasteiger partial charge on any atom is -0.233 e. The summed E-state index contributed by atoms with van der Waals surface area (Å²) in [5.41, 5.74) is 0.0503. The van der Waals surface area contributed by atoms with Crippen molar-refractivity contribution in [3.63, 3.8) is 0 Å². The van der Waals surface area contributed by atoms with Crippen LogP contribution in [-0.2, 0) is 9.78 Å². The molecule has 0 aliphatic carbocycles. The molecule has 2 nitrogen and oxygen atoms in total. The molecule has 0 N–H and O–H groups in total. The lowest BCUT2D eigenvalue weighted by Crippen LogP contribution is -2.44. The van der Waals surface area contributed by atoms with Crippen LogP contribution in [-0.4, -0.2) is 12.2 Å². The summed E-state index contributed by atoms with van der Waals surface area (Å²) in [6, 6.07) is 0. The van der Waals surface area contributed by atoms with Crippen molar-refractivity contribution in [1.82, 2.24) is 0 Å².